The van der Waals surface area contributed by atoms with Crippen molar-refractivity contribution in [3.8, 4) is 23.0 Å². The molecule has 0 bridgehead atoms. The molecule has 10 rings (SSSR count). The number of halogens is 18. The number of carbonyl (C=O) groups is 2. The number of aromatic hydroxyl groups is 1. The minimum Gasteiger partial charge on any atom is -0.743 e. The smallest absolute Gasteiger partial charge is 0.480 e. The molecule has 3 atom stereocenters. The Morgan fingerprint density at radius 2 is 0.800 bits per heavy atom. The molecular weight excluding hydrogens is 2090 g/mol. The molecule has 3 unspecified atom stereocenters. The molecular formula is C100H135F18NO19S7. The second-order valence-electron chi connectivity index (χ2n) is 31.8. The van der Waals surface area contributed by atoms with Crippen LogP contribution in [-0.4, -0.2) is 127 Å². The molecule has 1 saturated heterocycles. The SMILES string of the molecule is C.C.C.C.C.C.C.C.CCC(C)(C)C(=O)OC(C)c1ccc(C(F)(F)F)cc1.CCC(C)(C)C(=O)OCCc1ccc(OS(=O)(=O)C(F)(F)C(F)(F)C(F)(F)S(=O)(=O)[N-]S(=O)(=O)C(F)(F)F)cc1.CCC(C)c1ccc(O)cc1.CCC(C)c1ccc(OS(=O)(=O)C(F)(F)C(F)(F)C(F)(F)S(=O)(=O)[O-])cc1.CCCCOc1ccc([S+]2CCCC2)c2ccccc12.c1ccc([S+](c2ccccc2)c2ccccc2)cc1. The Labute approximate surface area is 849 Å². The van der Waals surface area contributed by atoms with Gasteiger partial charge >= 0.3 is 76.7 Å². The second kappa shape index (κ2) is 58.4. The van der Waals surface area contributed by atoms with Crippen molar-refractivity contribution in [1.29, 1.82) is 0 Å². The molecule has 822 valence electrons. The minimum absolute atomic E-state index is 0. The Hall–Kier alpha value is -9.51. The number of fused-ring (bicyclic) bond motifs is 1. The van der Waals surface area contributed by atoms with Crippen molar-refractivity contribution >= 4 is 94.9 Å². The van der Waals surface area contributed by atoms with Gasteiger partial charge in [0.05, 0.1) is 40.5 Å². The van der Waals surface area contributed by atoms with E-state index in [4.69, 9.17) is 19.3 Å². The molecule has 0 spiro atoms. The van der Waals surface area contributed by atoms with Gasteiger partial charge in [-0.25, -0.2) is 25.3 Å². The van der Waals surface area contributed by atoms with Crippen molar-refractivity contribution < 1.29 is 163 Å². The summed E-state index contributed by atoms with van der Waals surface area (Å²) in [5, 5.41) is -16.7. The Balaban J connectivity index is -0.000000842. The fourth-order valence-corrected chi connectivity index (χ4v) is 20.6. The summed E-state index contributed by atoms with van der Waals surface area (Å²) >= 11 is 0. The molecule has 1 N–H and O–H groups in total. The molecule has 1 aliphatic heterocycles. The van der Waals surface area contributed by atoms with E-state index in [-0.39, 0.29) is 101 Å². The number of sulfonamides is 2. The maximum absolute atomic E-state index is 14.1. The molecule has 1 fully saturated rings. The number of rotatable bonds is 35. The predicted molar refractivity (Wildman–Crippen MR) is 537 cm³/mol. The average Bonchev–Trinajstić information content (AvgIpc) is 0.816. The van der Waals surface area contributed by atoms with Gasteiger partial charge in [-0.3, -0.25) is 9.59 Å². The number of esters is 2. The van der Waals surface area contributed by atoms with Crippen molar-refractivity contribution in [2.75, 3.05) is 24.7 Å². The van der Waals surface area contributed by atoms with E-state index < -0.39 is 135 Å². The summed E-state index contributed by atoms with van der Waals surface area (Å²) < 4.78 is 383. The van der Waals surface area contributed by atoms with E-state index in [2.05, 4.69) is 157 Å². The van der Waals surface area contributed by atoms with Crippen LogP contribution >= 0.6 is 0 Å². The Morgan fingerprint density at radius 3 is 1.17 bits per heavy atom. The fraction of sp³-hybridized carbons (Fsp3) is 0.460. The van der Waals surface area contributed by atoms with Gasteiger partial charge in [-0.05, 0) is 217 Å². The van der Waals surface area contributed by atoms with Crippen molar-refractivity contribution in [1.82, 2.24) is 0 Å². The number of ether oxygens (including phenoxy) is 3. The number of benzene rings is 9. The van der Waals surface area contributed by atoms with Crippen molar-refractivity contribution in [3.05, 3.63) is 256 Å². The number of nitrogens with zero attached hydrogens (tertiary/aromatic N) is 1. The van der Waals surface area contributed by atoms with Gasteiger partial charge in [0.2, 0.25) is 0 Å². The normalized spacial score (nSPS) is 13.4. The summed E-state index contributed by atoms with van der Waals surface area (Å²) in [7, 11) is -36.4. The zero-order valence-corrected chi connectivity index (χ0v) is 81.4. The van der Waals surface area contributed by atoms with Crippen LogP contribution in [0.2, 0.25) is 0 Å². The lowest BCUT2D eigenvalue weighted by Gasteiger charge is -2.35. The van der Waals surface area contributed by atoms with E-state index in [1.807, 2.05) is 26.0 Å². The zero-order valence-electron chi connectivity index (χ0n) is 75.7. The quantitative estimate of drug-likeness (QED) is 0.00963. The molecule has 20 nitrogen and oxygen atoms in total. The largest absolute Gasteiger partial charge is 0.743 e. The Morgan fingerprint density at radius 1 is 0.434 bits per heavy atom. The number of carbonyl (C=O) groups excluding carboxylic acids is 2. The lowest BCUT2D eigenvalue weighted by Crippen LogP contribution is -2.61. The fourth-order valence-electron chi connectivity index (χ4n) is 11.4. The molecule has 0 saturated carbocycles. The van der Waals surface area contributed by atoms with Crippen LogP contribution in [0.15, 0.2) is 244 Å². The summed E-state index contributed by atoms with van der Waals surface area (Å²) in [5.74, 6) is -13.0. The van der Waals surface area contributed by atoms with E-state index in [9.17, 15) is 135 Å². The summed E-state index contributed by atoms with van der Waals surface area (Å²) in [6, 6.07) is 64.6. The second-order valence-corrected chi connectivity index (χ2v) is 44.2. The van der Waals surface area contributed by atoms with Gasteiger partial charge < -0.3 is 36.4 Å². The van der Waals surface area contributed by atoms with Crippen LogP contribution in [-0.2, 0) is 104 Å². The van der Waals surface area contributed by atoms with Crippen LogP contribution in [0.3, 0.4) is 0 Å². The number of hydrogen-bond donors (Lipinski definition) is 1. The van der Waals surface area contributed by atoms with Crippen LogP contribution in [0, 0.1) is 10.8 Å². The first-order valence-electron chi connectivity index (χ1n) is 41.8. The van der Waals surface area contributed by atoms with E-state index in [1.54, 1.807) is 65.5 Å². The number of hydrogen-bond acceptors (Lipinski definition) is 19. The van der Waals surface area contributed by atoms with E-state index in [1.165, 1.54) is 86.1 Å². The molecule has 1 aliphatic rings. The summed E-state index contributed by atoms with van der Waals surface area (Å²) in [6.45, 7) is 22.8. The summed E-state index contributed by atoms with van der Waals surface area (Å²) in [6.07, 6.45) is 3.01. The Bertz CT molecular complexity index is 5890. The van der Waals surface area contributed by atoms with Crippen molar-refractivity contribution in [3.63, 3.8) is 0 Å². The number of phenols is 1. The number of unbranched alkanes of at least 4 members (excludes halogenated alkanes) is 1. The van der Waals surface area contributed by atoms with E-state index in [0.29, 0.717) is 69.2 Å². The highest BCUT2D eigenvalue weighted by molar-refractivity contribution is 8.13. The topological polar surface area (TPSA) is 308 Å². The van der Waals surface area contributed by atoms with Crippen LogP contribution < -0.4 is 13.1 Å². The molecule has 1 heterocycles. The predicted octanol–water partition coefficient (Wildman–Crippen LogP) is 29.9. The lowest BCUT2D eigenvalue weighted by molar-refractivity contribution is -0.247. The highest BCUT2D eigenvalue weighted by Crippen LogP contribution is 2.55. The van der Waals surface area contributed by atoms with Crippen LogP contribution in [0.1, 0.15) is 240 Å². The van der Waals surface area contributed by atoms with Gasteiger partial charge in [-0.15, -0.1) is 0 Å². The van der Waals surface area contributed by atoms with Crippen LogP contribution in [0.25, 0.3) is 14.9 Å². The Kier molecular flexibility index (Phi) is 57.1. The molecule has 0 amide bonds. The monoisotopic (exact) mass is 2220 g/mol. The molecule has 9 aromatic carbocycles. The first-order chi connectivity index (χ1) is 63.2. The van der Waals surface area contributed by atoms with Gasteiger partial charge in [0.15, 0.2) is 49.7 Å². The van der Waals surface area contributed by atoms with Gasteiger partial charge in [0.25, 0.3) is 0 Å². The molecule has 0 aromatic heterocycles. The zero-order chi connectivity index (χ0) is 104. The van der Waals surface area contributed by atoms with E-state index in [0.717, 1.165) is 61.6 Å². The standard InChI is InChI=1S/C18H19F9NO9S3.C18H23OS.C18H15S.C15H19F3O2.C13H14F6O6S2.C10H14O.8CH4/c1-4-14(2,3)13(29)36-10-9-11-5-7-12(8-6-11)37-40(34,35)17(23,24)15(19,20)16(21,22)38(30,31)28-39(32,33)18(25,26)27;1-2-3-12-19-17-10-11-18(20-13-6-7-14-20)16-9-5-4-8-15(16)17;1-4-10-16(11-5-1)19(17-12-6-2-7-13-17)18-14-8-3-9-15-18;1-5-14(3,4)13(19)20-10(2)11-6-8-12(9-7-11)15(16,17)18;1-3-8(2)9-4-6-10(7-5-9)25-27(23,24)13(18,19)11(14,15)12(16,17)26(20,21)22;1-3-8(2)9-4-6-10(11)7-5-9;;;;;;;;/h5-8H,4,9-10H2,1-3H3;4-5,8-11H,2-3,6-7,12-14H2,1H3;1-15H;6-10H,5H2,1-4H3;4-8H,3H2,1-2H3,(H,20,21,22);4-8,11H,3H2,1-2H3;8*1H4/q-1;2*+1;;;;;;;;;;;/p-1. The molecule has 45 heteroatoms. The minimum atomic E-state index is -8.01. The van der Waals surface area contributed by atoms with Crippen LogP contribution in [0.4, 0.5) is 79.0 Å². The maximum Gasteiger partial charge on any atom is 0.480 e. The average molecular weight is 2220 g/mol. The first-order valence-corrected chi connectivity index (χ1v) is 51.7. The number of phenolic OH excluding ortho intramolecular Hbond substituents is 1. The van der Waals surface area contributed by atoms with E-state index >= 15 is 0 Å². The third-order valence-corrected chi connectivity index (χ3v) is 32.4. The van der Waals surface area contributed by atoms with Crippen LogP contribution in [0.5, 0.6) is 23.0 Å². The third-order valence-electron chi connectivity index (χ3n) is 21.1. The van der Waals surface area contributed by atoms with Gasteiger partial charge in [-0.1, -0.05) is 236 Å². The van der Waals surface area contributed by atoms with Gasteiger partial charge in [0.1, 0.15) is 40.6 Å². The third kappa shape index (κ3) is 36.7. The first kappa shape index (κ1) is 142. The maximum atomic E-state index is 14.1. The highest BCUT2D eigenvalue weighted by atomic mass is 32.3. The molecule has 0 radical (unpaired) electrons. The molecule has 0 aliphatic carbocycles. The summed E-state index contributed by atoms with van der Waals surface area (Å²) in [5.41, 5.74) is -6.16. The summed E-state index contributed by atoms with van der Waals surface area (Å²) in [4.78, 5) is 29.4. The highest BCUT2D eigenvalue weighted by Gasteiger charge is 2.83. The molecule has 145 heavy (non-hydrogen) atoms. The lowest BCUT2D eigenvalue weighted by atomic mass is 9.90. The van der Waals surface area contributed by atoms with Crippen molar-refractivity contribution in [2.24, 2.45) is 10.8 Å². The number of alkyl halides is 18. The van der Waals surface area contributed by atoms with Gasteiger partial charge in [0, 0.05) is 28.1 Å². The van der Waals surface area contributed by atoms with Gasteiger partial charge in [-0.2, -0.15) is 95.9 Å². The van der Waals surface area contributed by atoms with Crippen molar-refractivity contribution in [2.45, 2.75) is 282 Å². The molecule has 9 aromatic rings.